The Morgan fingerprint density at radius 3 is 2.75 bits per heavy atom. The second kappa shape index (κ2) is 6.19. The van der Waals surface area contributed by atoms with Crippen LogP contribution in [-0.2, 0) is 6.42 Å². The fourth-order valence-corrected chi connectivity index (χ4v) is 2.02. The summed E-state index contributed by atoms with van der Waals surface area (Å²) >= 11 is 0. The van der Waals surface area contributed by atoms with E-state index in [2.05, 4.69) is 5.32 Å². The van der Waals surface area contributed by atoms with Crippen LogP contribution in [0.2, 0.25) is 0 Å². The van der Waals surface area contributed by atoms with Gasteiger partial charge in [-0.3, -0.25) is 0 Å². The summed E-state index contributed by atoms with van der Waals surface area (Å²) in [6, 6.07) is 11.6. The molecule has 2 N–H and O–H groups in total. The Morgan fingerprint density at radius 2 is 2.05 bits per heavy atom. The number of aromatic carboxylic acids is 1. The van der Waals surface area contributed by atoms with Crippen LogP contribution in [0.1, 0.15) is 21.5 Å². The van der Waals surface area contributed by atoms with Gasteiger partial charge >= 0.3 is 5.97 Å². The first-order valence-corrected chi connectivity index (χ1v) is 6.38. The number of hydrogen-bond acceptors (Lipinski definition) is 2. The first kappa shape index (κ1) is 14.1. The minimum Gasteiger partial charge on any atom is -0.478 e. The van der Waals surface area contributed by atoms with Gasteiger partial charge in [-0.2, -0.15) is 0 Å². The van der Waals surface area contributed by atoms with Crippen LogP contribution >= 0.6 is 0 Å². The minimum atomic E-state index is -0.957. The number of carboxylic acid groups (broad SMARTS) is 1. The lowest BCUT2D eigenvalue weighted by Crippen LogP contribution is -2.09. The fourth-order valence-electron chi connectivity index (χ4n) is 2.02. The lowest BCUT2D eigenvalue weighted by atomic mass is 10.1. The lowest BCUT2D eigenvalue weighted by molar-refractivity contribution is 0.0698. The molecule has 0 amide bonds. The van der Waals surface area contributed by atoms with Crippen molar-refractivity contribution in [1.29, 1.82) is 0 Å². The number of carboxylic acids is 1. The molecule has 0 fully saturated rings. The number of halogens is 1. The van der Waals surface area contributed by atoms with E-state index in [1.54, 1.807) is 18.2 Å². The van der Waals surface area contributed by atoms with Gasteiger partial charge < -0.3 is 10.4 Å². The Kier molecular flexibility index (Phi) is 4.35. The zero-order chi connectivity index (χ0) is 14.5. The number of nitrogens with one attached hydrogen (secondary N) is 1. The topological polar surface area (TPSA) is 49.3 Å². The smallest absolute Gasteiger partial charge is 0.337 e. The Morgan fingerprint density at radius 1 is 1.25 bits per heavy atom. The first-order valence-electron chi connectivity index (χ1n) is 6.38. The van der Waals surface area contributed by atoms with Crippen molar-refractivity contribution in [3.63, 3.8) is 0 Å². The monoisotopic (exact) mass is 273 g/mol. The largest absolute Gasteiger partial charge is 0.478 e. The van der Waals surface area contributed by atoms with Crippen LogP contribution in [0.5, 0.6) is 0 Å². The van der Waals surface area contributed by atoms with E-state index in [1.165, 1.54) is 12.1 Å². The molecule has 0 unspecified atom stereocenters. The third-order valence-electron chi connectivity index (χ3n) is 3.02. The third kappa shape index (κ3) is 3.57. The Bertz CT molecular complexity index is 626. The molecule has 0 saturated carbocycles. The second-order valence-corrected chi connectivity index (χ2v) is 4.66. The number of anilines is 1. The molecule has 20 heavy (non-hydrogen) atoms. The summed E-state index contributed by atoms with van der Waals surface area (Å²) in [5.74, 6) is -1.22. The fraction of sp³-hybridized carbons (Fsp3) is 0.188. The van der Waals surface area contributed by atoms with Crippen molar-refractivity contribution in [2.75, 3.05) is 11.9 Å². The van der Waals surface area contributed by atoms with Crippen LogP contribution in [0, 0.1) is 12.7 Å². The summed E-state index contributed by atoms with van der Waals surface area (Å²) in [4.78, 5) is 11.2. The van der Waals surface area contributed by atoms with Crippen molar-refractivity contribution in [1.82, 2.24) is 0 Å². The molecular formula is C16H16FNO2. The van der Waals surface area contributed by atoms with Crippen molar-refractivity contribution >= 4 is 11.7 Å². The van der Waals surface area contributed by atoms with Crippen LogP contribution in [0.15, 0.2) is 42.5 Å². The molecule has 0 aliphatic carbocycles. The molecule has 0 aliphatic rings. The zero-order valence-electron chi connectivity index (χ0n) is 11.2. The average Bonchev–Trinajstić information content (AvgIpc) is 2.40. The molecule has 0 aromatic heterocycles. The molecule has 0 atom stereocenters. The van der Waals surface area contributed by atoms with Crippen LogP contribution in [-0.4, -0.2) is 17.6 Å². The van der Waals surface area contributed by atoms with E-state index in [1.807, 2.05) is 19.1 Å². The van der Waals surface area contributed by atoms with Crippen LogP contribution in [0.3, 0.4) is 0 Å². The quantitative estimate of drug-likeness (QED) is 0.876. The Hall–Kier alpha value is -2.36. The maximum atomic E-state index is 13.0. The number of carbonyl (C=O) groups is 1. The molecule has 0 saturated heterocycles. The minimum absolute atomic E-state index is 0.254. The van der Waals surface area contributed by atoms with E-state index in [0.29, 0.717) is 18.7 Å². The first-order chi connectivity index (χ1) is 9.56. The zero-order valence-corrected chi connectivity index (χ0v) is 11.2. The number of hydrogen-bond donors (Lipinski definition) is 2. The summed E-state index contributed by atoms with van der Waals surface area (Å²) < 4.78 is 13.0. The second-order valence-electron chi connectivity index (χ2n) is 4.66. The highest BCUT2D eigenvalue weighted by Gasteiger charge is 2.09. The number of rotatable bonds is 5. The standard InChI is InChI=1S/C16H16FNO2/c1-11-5-6-15(14(9-11)16(19)20)18-8-7-12-3-2-4-13(17)10-12/h2-6,9-10,18H,7-8H2,1H3,(H,19,20). The molecule has 4 heteroatoms. The molecule has 0 bridgehead atoms. The van der Waals surface area contributed by atoms with E-state index >= 15 is 0 Å². The van der Waals surface area contributed by atoms with Crippen molar-refractivity contribution in [2.24, 2.45) is 0 Å². The van der Waals surface area contributed by atoms with Gasteiger partial charge in [-0.05, 0) is 43.2 Å². The van der Waals surface area contributed by atoms with Gasteiger partial charge in [0.1, 0.15) is 5.82 Å². The summed E-state index contributed by atoms with van der Waals surface area (Å²) in [6.45, 7) is 2.40. The third-order valence-corrected chi connectivity index (χ3v) is 3.02. The van der Waals surface area contributed by atoms with Crippen molar-refractivity contribution < 1.29 is 14.3 Å². The predicted molar refractivity (Wildman–Crippen MR) is 76.7 cm³/mol. The van der Waals surface area contributed by atoms with E-state index < -0.39 is 5.97 Å². The van der Waals surface area contributed by atoms with E-state index in [0.717, 1.165) is 11.1 Å². The molecule has 0 radical (unpaired) electrons. The van der Waals surface area contributed by atoms with Gasteiger partial charge in [0, 0.05) is 12.2 Å². The highest BCUT2D eigenvalue weighted by Crippen LogP contribution is 2.17. The molecule has 0 aliphatic heterocycles. The van der Waals surface area contributed by atoms with Crippen LogP contribution in [0.4, 0.5) is 10.1 Å². The van der Waals surface area contributed by atoms with E-state index in [-0.39, 0.29) is 11.4 Å². The molecule has 2 aromatic rings. The normalized spacial score (nSPS) is 10.3. The van der Waals surface area contributed by atoms with Gasteiger partial charge in [-0.15, -0.1) is 0 Å². The molecule has 104 valence electrons. The van der Waals surface area contributed by atoms with Crippen molar-refractivity contribution in [2.45, 2.75) is 13.3 Å². The van der Waals surface area contributed by atoms with Crippen molar-refractivity contribution in [3.8, 4) is 0 Å². The van der Waals surface area contributed by atoms with E-state index in [9.17, 15) is 9.18 Å². The van der Waals surface area contributed by atoms with Crippen LogP contribution in [0.25, 0.3) is 0 Å². The highest BCUT2D eigenvalue weighted by molar-refractivity contribution is 5.94. The van der Waals surface area contributed by atoms with E-state index in [4.69, 9.17) is 5.11 Å². The molecule has 3 nitrogen and oxygen atoms in total. The van der Waals surface area contributed by atoms with Gasteiger partial charge in [0.15, 0.2) is 0 Å². The highest BCUT2D eigenvalue weighted by atomic mass is 19.1. The van der Waals surface area contributed by atoms with Gasteiger partial charge in [0.05, 0.1) is 5.56 Å². The molecule has 2 rings (SSSR count). The summed E-state index contributed by atoms with van der Waals surface area (Å²) in [5, 5.41) is 12.2. The predicted octanol–water partition coefficient (Wildman–Crippen LogP) is 3.49. The SMILES string of the molecule is Cc1ccc(NCCc2cccc(F)c2)c(C(=O)O)c1. The van der Waals surface area contributed by atoms with Crippen molar-refractivity contribution in [3.05, 3.63) is 65.0 Å². The molecule has 0 spiro atoms. The summed E-state index contributed by atoms with van der Waals surface area (Å²) in [5.41, 5.74) is 2.61. The lowest BCUT2D eigenvalue weighted by Gasteiger charge is -2.10. The van der Waals surface area contributed by atoms with Gasteiger partial charge in [0.25, 0.3) is 0 Å². The maximum Gasteiger partial charge on any atom is 0.337 e. The summed E-state index contributed by atoms with van der Waals surface area (Å²) in [6.07, 6.45) is 0.630. The summed E-state index contributed by atoms with van der Waals surface area (Å²) in [7, 11) is 0. The molecular weight excluding hydrogens is 257 g/mol. The Balaban J connectivity index is 2.02. The Labute approximate surface area is 117 Å². The van der Waals surface area contributed by atoms with Gasteiger partial charge in [-0.25, -0.2) is 9.18 Å². The van der Waals surface area contributed by atoms with Gasteiger partial charge in [-0.1, -0.05) is 23.8 Å². The number of aryl methyl sites for hydroxylation is 1. The van der Waals surface area contributed by atoms with Gasteiger partial charge in [0.2, 0.25) is 0 Å². The molecule has 2 aromatic carbocycles. The van der Waals surface area contributed by atoms with Crippen LogP contribution < -0.4 is 5.32 Å². The number of benzene rings is 2. The maximum absolute atomic E-state index is 13.0. The molecule has 0 heterocycles. The average molecular weight is 273 g/mol.